The van der Waals surface area contributed by atoms with Crippen LogP contribution in [0, 0.1) is 0 Å². The molecule has 1 unspecified atom stereocenters. The first-order valence-electron chi connectivity index (χ1n) is 9.28. The molecule has 0 aliphatic carbocycles. The number of rotatable bonds is 6. The standard InChI is InChI=1S/C21H25Cl2N3O/c1-16(21(27)24-20-14-18(22)13-19(23)15-20)26-11-9-25(10-12-26)8-7-17-5-3-2-4-6-17/h2-6,13-16H,7-12H2,1H3,(H,24,27). The number of carbonyl (C=O) groups is 1. The number of piperazine rings is 1. The lowest BCUT2D eigenvalue weighted by Gasteiger charge is -2.37. The van der Waals surface area contributed by atoms with Crippen molar-refractivity contribution in [1.29, 1.82) is 0 Å². The van der Waals surface area contributed by atoms with E-state index in [1.807, 2.05) is 13.0 Å². The highest BCUT2D eigenvalue weighted by atomic mass is 35.5. The smallest absolute Gasteiger partial charge is 0.241 e. The van der Waals surface area contributed by atoms with Crippen LogP contribution < -0.4 is 5.32 Å². The predicted octanol–water partition coefficient (Wildman–Crippen LogP) is 4.18. The van der Waals surface area contributed by atoms with Crippen LogP contribution >= 0.6 is 23.2 Å². The number of carbonyl (C=O) groups excluding carboxylic acids is 1. The summed E-state index contributed by atoms with van der Waals surface area (Å²) in [6.07, 6.45) is 1.06. The van der Waals surface area contributed by atoms with E-state index in [0.717, 1.165) is 39.1 Å². The maximum Gasteiger partial charge on any atom is 0.241 e. The van der Waals surface area contributed by atoms with Gasteiger partial charge in [-0.1, -0.05) is 53.5 Å². The highest BCUT2D eigenvalue weighted by Gasteiger charge is 2.25. The minimum absolute atomic E-state index is 0.0360. The third-order valence-corrected chi connectivity index (χ3v) is 5.46. The van der Waals surface area contributed by atoms with Gasteiger partial charge < -0.3 is 10.2 Å². The molecule has 1 saturated heterocycles. The first kappa shape index (κ1) is 20.2. The Labute approximate surface area is 171 Å². The van der Waals surface area contributed by atoms with Gasteiger partial charge in [-0.3, -0.25) is 9.69 Å². The van der Waals surface area contributed by atoms with Crippen LogP contribution in [-0.4, -0.2) is 54.5 Å². The van der Waals surface area contributed by atoms with Crippen molar-refractivity contribution in [2.75, 3.05) is 38.0 Å². The average Bonchev–Trinajstić information content (AvgIpc) is 2.66. The van der Waals surface area contributed by atoms with E-state index in [0.29, 0.717) is 15.7 Å². The van der Waals surface area contributed by atoms with Gasteiger partial charge >= 0.3 is 0 Å². The zero-order chi connectivity index (χ0) is 19.2. The number of anilines is 1. The summed E-state index contributed by atoms with van der Waals surface area (Å²) in [6, 6.07) is 15.4. The third kappa shape index (κ3) is 5.94. The van der Waals surface area contributed by atoms with Crippen LogP contribution in [0.15, 0.2) is 48.5 Å². The zero-order valence-corrected chi connectivity index (χ0v) is 17.0. The Kier molecular flexibility index (Phi) is 7.13. The number of amides is 1. The molecule has 6 heteroatoms. The van der Waals surface area contributed by atoms with Crippen molar-refractivity contribution in [3.05, 3.63) is 64.1 Å². The van der Waals surface area contributed by atoms with Gasteiger partial charge in [0, 0.05) is 48.5 Å². The van der Waals surface area contributed by atoms with Gasteiger partial charge in [0.15, 0.2) is 0 Å². The molecular weight excluding hydrogens is 381 g/mol. The highest BCUT2D eigenvalue weighted by Crippen LogP contribution is 2.23. The van der Waals surface area contributed by atoms with Crippen molar-refractivity contribution in [3.63, 3.8) is 0 Å². The summed E-state index contributed by atoms with van der Waals surface area (Å²) < 4.78 is 0. The molecule has 1 N–H and O–H groups in total. The van der Waals surface area contributed by atoms with Crippen molar-refractivity contribution in [2.45, 2.75) is 19.4 Å². The van der Waals surface area contributed by atoms with E-state index in [2.05, 4.69) is 39.4 Å². The lowest BCUT2D eigenvalue weighted by Crippen LogP contribution is -2.53. The molecule has 1 heterocycles. The van der Waals surface area contributed by atoms with Crippen LogP contribution in [0.25, 0.3) is 0 Å². The minimum Gasteiger partial charge on any atom is -0.325 e. The fraction of sp³-hybridized carbons (Fsp3) is 0.381. The SMILES string of the molecule is CC(C(=O)Nc1cc(Cl)cc(Cl)c1)N1CCN(CCc2ccccc2)CC1. The first-order valence-corrected chi connectivity index (χ1v) is 10.0. The van der Waals surface area contributed by atoms with E-state index < -0.39 is 0 Å². The van der Waals surface area contributed by atoms with Crippen molar-refractivity contribution in [2.24, 2.45) is 0 Å². The summed E-state index contributed by atoms with van der Waals surface area (Å²) in [4.78, 5) is 17.3. The fourth-order valence-electron chi connectivity index (χ4n) is 3.34. The first-order chi connectivity index (χ1) is 13.0. The van der Waals surface area contributed by atoms with Crippen LogP contribution in [0.2, 0.25) is 10.0 Å². The molecule has 1 fully saturated rings. The number of hydrogen-bond acceptors (Lipinski definition) is 3. The Hall–Kier alpha value is -1.59. The Bertz CT molecular complexity index is 741. The molecule has 0 bridgehead atoms. The number of nitrogens with one attached hydrogen (secondary N) is 1. The van der Waals surface area contributed by atoms with E-state index in [-0.39, 0.29) is 11.9 Å². The molecule has 4 nitrogen and oxygen atoms in total. The van der Waals surface area contributed by atoms with Crippen molar-refractivity contribution in [1.82, 2.24) is 9.80 Å². The van der Waals surface area contributed by atoms with Gasteiger partial charge in [-0.15, -0.1) is 0 Å². The largest absolute Gasteiger partial charge is 0.325 e. The van der Waals surface area contributed by atoms with E-state index in [1.54, 1.807) is 18.2 Å². The molecule has 0 spiro atoms. The number of halogens is 2. The molecule has 3 rings (SSSR count). The zero-order valence-electron chi connectivity index (χ0n) is 15.5. The van der Waals surface area contributed by atoms with Crippen molar-refractivity contribution in [3.8, 4) is 0 Å². The maximum absolute atomic E-state index is 12.6. The van der Waals surface area contributed by atoms with Gasteiger partial charge in [-0.2, -0.15) is 0 Å². The number of hydrogen-bond donors (Lipinski definition) is 1. The third-order valence-electron chi connectivity index (χ3n) is 5.02. The summed E-state index contributed by atoms with van der Waals surface area (Å²) in [5.41, 5.74) is 2.00. The average molecular weight is 406 g/mol. The Morgan fingerprint density at radius 1 is 1.04 bits per heavy atom. The monoisotopic (exact) mass is 405 g/mol. The summed E-state index contributed by atoms with van der Waals surface area (Å²) in [6.45, 7) is 6.74. The second-order valence-corrected chi connectivity index (χ2v) is 7.81. The van der Waals surface area contributed by atoms with E-state index in [9.17, 15) is 4.79 Å². The van der Waals surface area contributed by atoms with Crippen molar-refractivity contribution >= 4 is 34.8 Å². The van der Waals surface area contributed by atoms with Crippen LogP contribution in [0.5, 0.6) is 0 Å². The van der Waals surface area contributed by atoms with Crippen LogP contribution in [0.1, 0.15) is 12.5 Å². The molecule has 0 radical (unpaired) electrons. The Morgan fingerprint density at radius 2 is 1.67 bits per heavy atom. The van der Waals surface area contributed by atoms with Gasteiger partial charge in [-0.05, 0) is 37.1 Å². The number of nitrogens with zero attached hydrogens (tertiary/aromatic N) is 2. The molecule has 1 amide bonds. The van der Waals surface area contributed by atoms with Gasteiger partial charge in [0.25, 0.3) is 0 Å². The normalized spacial score (nSPS) is 16.9. The van der Waals surface area contributed by atoms with Crippen LogP contribution in [0.4, 0.5) is 5.69 Å². The predicted molar refractivity (Wildman–Crippen MR) is 113 cm³/mol. The van der Waals surface area contributed by atoms with Crippen LogP contribution in [0.3, 0.4) is 0 Å². The van der Waals surface area contributed by atoms with E-state index in [1.165, 1.54) is 5.56 Å². The molecule has 1 atom stereocenters. The molecule has 144 valence electrons. The summed E-state index contributed by atoms with van der Waals surface area (Å²) in [7, 11) is 0. The number of benzene rings is 2. The topological polar surface area (TPSA) is 35.6 Å². The maximum atomic E-state index is 12.6. The van der Waals surface area contributed by atoms with Crippen molar-refractivity contribution < 1.29 is 4.79 Å². The van der Waals surface area contributed by atoms with Gasteiger partial charge in [0.05, 0.1) is 6.04 Å². The Balaban J connectivity index is 1.46. The highest BCUT2D eigenvalue weighted by molar-refractivity contribution is 6.35. The summed E-state index contributed by atoms with van der Waals surface area (Å²) >= 11 is 12.0. The summed E-state index contributed by atoms with van der Waals surface area (Å²) in [5.74, 6) is -0.0360. The Morgan fingerprint density at radius 3 is 2.30 bits per heavy atom. The molecule has 2 aromatic rings. The van der Waals surface area contributed by atoms with Gasteiger partial charge in [0.1, 0.15) is 0 Å². The van der Waals surface area contributed by atoms with Gasteiger partial charge in [-0.25, -0.2) is 0 Å². The molecule has 1 aliphatic heterocycles. The molecule has 0 saturated carbocycles. The molecular formula is C21H25Cl2N3O. The quantitative estimate of drug-likeness (QED) is 0.782. The fourth-order valence-corrected chi connectivity index (χ4v) is 3.87. The molecule has 27 heavy (non-hydrogen) atoms. The van der Waals surface area contributed by atoms with E-state index >= 15 is 0 Å². The summed E-state index contributed by atoms with van der Waals surface area (Å²) in [5, 5.41) is 3.94. The lowest BCUT2D eigenvalue weighted by molar-refractivity contribution is -0.121. The second-order valence-electron chi connectivity index (χ2n) is 6.94. The van der Waals surface area contributed by atoms with Gasteiger partial charge in [0.2, 0.25) is 5.91 Å². The molecule has 2 aromatic carbocycles. The molecule has 0 aromatic heterocycles. The van der Waals surface area contributed by atoms with Crippen LogP contribution in [-0.2, 0) is 11.2 Å². The molecule has 1 aliphatic rings. The second kappa shape index (κ2) is 9.56. The van der Waals surface area contributed by atoms with E-state index in [4.69, 9.17) is 23.2 Å². The lowest BCUT2D eigenvalue weighted by atomic mass is 10.1. The minimum atomic E-state index is -0.195.